The van der Waals surface area contributed by atoms with E-state index in [9.17, 15) is 0 Å². The molecular formula is C12H13N5. The van der Waals surface area contributed by atoms with Crippen molar-refractivity contribution in [2.45, 2.75) is 6.92 Å². The molecule has 0 aliphatic rings. The molecule has 5 nitrogen and oxygen atoms in total. The van der Waals surface area contributed by atoms with Gasteiger partial charge in [-0.3, -0.25) is 0 Å². The van der Waals surface area contributed by atoms with Gasteiger partial charge in [0.2, 0.25) is 5.95 Å². The fourth-order valence-electron chi connectivity index (χ4n) is 1.50. The lowest BCUT2D eigenvalue weighted by Crippen LogP contribution is -2.05. The number of nitrogen functional groups attached to an aromatic ring is 2. The van der Waals surface area contributed by atoms with Crippen molar-refractivity contribution in [3.8, 4) is 0 Å². The molecule has 0 aliphatic heterocycles. The normalized spacial score (nSPS) is 11.5. The molecule has 0 radical (unpaired) electrons. The van der Waals surface area contributed by atoms with Crippen LogP contribution in [0.1, 0.15) is 18.2 Å². The predicted octanol–water partition coefficient (Wildman–Crippen LogP) is 1.60. The molecule has 0 spiro atoms. The standard InChI is InChI=1S/C12H13N5/c1-8(7-9-5-3-2-4-6-9)10-11(13)15-12(14)17-16-10/h2-7H,1H3,(H4,13,14,15,17). The SMILES string of the molecule is CC(=Cc1ccccc1)c1nnc(N)nc1N. The Balaban J connectivity index is 2.37. The largest absolute Gasteiger partial charge is 0.382 e. The minimum absolute atomic E-state index is 0.0822. The monoisotopic (exact) mass is 227 g/mol. The number of rotatable bonds is 2. The van der Waals surface area contributed by atoms with E-state index in [0.29, 0.717) is 11.5 Å². The average molecular weight is 227 g/mol. The first-order chi connectivity index (χ1) is 8.16. The molecule has 4 N–H and O–H groups in total. The Labute approximate surface area is 99.2 Å². The van der Waals surface area contributed by atoms with Gasteiger partial charge in [0.05, 0.1) is 0 Å². The van der Waals surface area contributed by atoms with Crippen LogP contribution in [0.25, 0.3) is 11.6 Å². The molecule has 1 aromatic carbocycles. The molecule has 0 fully saturated rings. The number of hydrogen-bond acceptors (Lipinski definition) is 5. The van der Waals surface area contributed by atoms with Gasteiger partial charge in [-0.2, -0.15) is 4.98 Å². The average Bonchev–Trinajstić information content (AvgIpc) is 2.30. The highest BCUT2D eigenvalue weighted by Crippen LogP contribution is 2.19. The first kappa shape index (κ1) is 11.1. The maximum atomic E-state index is 5.74. The van der Waals surface area contributed by atoms with Crippen molar-refractivity contribution in [2.24, 2.45) is 0 Å². The summed E-state index contributed by atoms with van der Waals surface area (Å²) < 4.78 is 0. The Morgan fingerprint density at radius 3 is 2.47 bits per heavy atom. The van der Waals surface area contributed by atoms with Crippen molar-refractivity contribution in [1.29, 1.82) is 0 Å². The fraction of sp³-hybridized carbons (Fsp3) is 0.0833. The van der Waals surface area contributed by atoms with E-state index in [0.717, 1.165) is 11.1 Å². The first-order valence-corrected chi connectivity index (χ1v) is 5.16. The van der Waals surface area contributed by atoms with Crippen LogP contribution in [-0.2, 0) is 0 Å². The molecule has 0 atom stereocenters. The van der Waals surface area contributed by atoms with Crippen LogP contribution in [0.5, 0.6) is 0 Å². The van der Waals surface area contributed by atoms with Crippen LogP contribution >= 0.6 is 0 Å². The lowest BCUT2D eigenvalue weighted by Gasteiger charge is -2.03. The van der Waals surface area contributed by atoms with Gasteiger partial charge in [0.15, 0.2) is 5.82 Å². The van der Waals surface area contributed by atoms with Crippen LogP contribution in [0.15, 0.2) is 30.3 Å². The predicted molar refractivity (Wildman–Crippen MR) is 68.6 cm³/mol. The second-order valence-electron chi connectivity index (χ2n) is 3.64. The summed E-state index contributed by atoms with van der Waals surface area (Å²) in [6, 6.07) is 9.89. The molecule has 2 rings (SSSR count). The van der Waals surface area contributed by atoms with Crippen LogP contribution in [0, 0.1) is 0 Å². The molecule has 1 heterocycles. The third-order valence-corrected chi connectivity index (χ3v) is 2.29. The molecule has 0 aliphatic carbocycles. The van der Waals surface area contributed by atoms with Crippen molar-refractivity contribution in [1.82, 2.24) is 15.2 Å². The lowest BCUT2D eigenvalue weighted by molar-refractivity contribution is 0.974. The van der Waals surface area contributed by atoms with Gasteiger partial charge in [0, 0.05) is 0 Å². The van der Waals surface area contributed by atoms with Crippen LogP contribution < -0.4 is 11.5 Å². The van der Waals surface area contributed by atoms with Crippen molar-refractivity contribution < 1.29 is 0 Å². The Hall–Kier alpha value is -2.43. The molecule has 2 aromatic rings. The molecule has 86 valence electrons. The molecule has 17 heavy (non-hydrogen) atoms. The summed E-state index contributed by atoms with van der Waals surface area (Å²) in [7, 11) is 0. The van der Waals surface area contributed by atoms with Crippen LogP contribution in [0.2, 0.25) is 0 Å². The molecule has 5 heteroatoms. The van der Waals surface area contributed by atoms with Crippen molar-refractivity contribution in [2.75, 3.05) is 11.5 Å². The third-order valence-electron chi connectivity index (χ3n) is 2.29. The van der Waals surface area contributed by atoms with E-state index in [4.69, 9.17) is 11.5 Å². The highest BCUT2D eigenvalue weighted by molar-refractivity contribution is 5.82. The number of anilines is 2. The van der Waals surface area contributed by atoms with Gasteiger partial charge in [0.1, 0.15) is 5.69 Å². The van der Waals surface area contributed by atoms with Gasteiger partial charge >= 0.3 is 0 Å². The zero-order valence-corrected chi connectivity index (χ0v) is 9.46. The zero-order chi connectivity index (χ0) is 12.3. The summed E-state index contributed by atoms with van der Waals surface area (Å²) in [5.41, 5.74) is 13.7. The fourth-order valence-corrected chi connectivity index (χ4v) is 1.50. The minimum atomic E-state index is 0.0822. The van der Waals surface area contributed by atoms with Gasteiger partial charge in [-0.25, -0.2) is 0 Å². The minimum Gasteiger partial charge on any atom is -0.382 e. The van der Waals surface area contributed by atoms with E-state index in [-0.39, 0.29) is 5.95 Å². The van der Waals surface area contributed by atoms with Gasteiger partial charge in [-0.05, 0) is 24.1 Å². The molecule has 0 saturated carbocycles. The first-order valence-electron chi connectivity index (χ1n) is 5.16. The van der Waals surface area contributed by atoms with Gasteiger partial charge in [-0.15, -0.1) is 10.2 Å². The van der Waals surface area contributed by atoms with E-state index in [2.05, 4.69) is 15.2 Å². The third kappa shape index (κ3) is 2.57. The van der Waals surface area contributed by atoms with E-state index in [1.165, 1.54) is 0 Å². The van der Waals surface area contributed by atoms with E-state index < -0.39 is 0 Å². The summed E-state index contributed by atoms with van der Waals surface area (Å²) in [5, 5.41) is 7.64. The second-order valence-corrected chi connectivity index (χ2v) is 3.64. The van der Waals surface area contributed by atoms with Gasteiger partial charge in [0.25, 0.3) is 0 Å². The highest BCUT2D eigenvalue weighted by atomic mass is 15.2. The Morgan fingerprint density at radius 1 is 1.12 bits per heavy atom. The second kappa shape index (κ2) is 4.61. The van der Waals surface area contributed by atoms with Crippen molar-refractivity contribution >= 4 is 23.4 Å². The highest BCUT2D eigenvalue weighted by Gasteiger charge is 2.06. The Kier molecular flexibility index (Phi) is 3.00. The molecular weight excluding hydrogens is 214 g/mol. The molecule has 1 aromatic heterocycles. The quantitative estimate of drug-likeness (QED) is 0.813. The Morgan fingerprint density at radius 2 is 1.82 bits per heavy atom. The number of nitrogens with zero attached hydrogens (tertiary/aromatic N) is 3. The van der Waals surface area contributed by atoms with Gasteiger partial charge < -0.3 is 11.5 Å². The summed E-state index contributed by atoms with van der Waals surface area (Å²) in [6.45, 7) is 1.91. The smallest absolute Gasteiger partial charge is 0.242 e. The van der Waals surface area contributed by atoms with Crippen LogP contribution in [0.3, 0.4) is 0 Å². The van der Waals surface area contributed by atoms with E-state index >= 15 is 0 Å². The number of hydrogen-bond donors (Lipinski definition) is 2. The van der Waals surface area contributed by atoms with Gasteiger partial charge in [-0.1, -0.05) is 30.3 Å². The van der Waals surface area contributed by atoms with Crippen LogP contribution in [0.4, 0.5) is 11.8 Å². The zero-order valence-electron chi connectivity index (χ0n) is 9.46. The molecule has 0 bridgehead atoms. The summed E-state index contributed by atoms with van der Waals surface area (Å²) in [4.78, 5) is 3.88. The van der Waals surface area contributed by atoms with Crippen molar-refractivity contribution in [3.63, 3.8) is 0 Å². The number of benzene rings is 1. The maximum absolute atomic E-state index is 5.74. The lowest BCUT2D eigenvalue weighted by atomic mass is 10.1. The van der Waals surface area contributed by atoms with E-state index in [1.807, 2.05) is 43.3 Å². The summed E-state index contributed by atoms with van der Waals surface area (Å²) >= 11 is 0. The summed E-state index contributed by atoms with van der Waals surface area (Å²) in [6.07, 6.45) is 1.97. The number of nitrogens with two attached hydrogens (primary N) is 2. The van der Waals surface area contributed by atoms with E-state index in [1.54, 1.807) is 0 Å². The van der Waals surface area contributed by atoms with Crippen molar-refractivity contribution in [3.05, 3.63) is 41.6 Å². The molecule has 0 amide bonds. The number of aromatic nitrogens is 3. The molecule has 0 unspecified atom stereocenters. The number of allylic oxidation sites excluding steroid dienone is 1. The van der Waals surface area contributed by atoms with Crippen LogP contribution in [-0.4, -0.2) is 15.2 Å². The topological polar surface area (TPSA) is 90.7 Å². The maximum Gasteiger partial charge on any atom is 0.242 e. The summed E-state index contributed by atoms with van der Waals surface area (Å²) in [5.74, 6) is 0.376. The Bertz CT molecular complexity index is 548. The molecule has 0 saturated heterocycles.